The zero-order chi connectivity index (χ0) is 55.9. The fourth-order valence-corrected chi connectivity index (χ4v) is 9.92. The fraction of sp³-hybridized carbons (Fsp3) is 0.720. The van der Waals surface area contributed by atoms with Crippen LogP contribution in [0.3, 0.4) is 0 Å². The summed E-state index contributed by atoms with van der Waals surface area (Å²) >= 11 is 0. The third-order valence-electron chi connectivity index (χ3n) is 14.5. The molecule has 3 fully saturated rings. The lowest BCUT2D eigenvalue weighted by molar-refractivity contribution is -0.180. The Morgan fingerprint density at radius 2 is 1.48 bits per heavy atom. The van der Waals surface area contributed by atoms with Gasteiger partial charge in [0.05, 0.1) is 43.3 Å². The van der Waals surface area contributed by atoms with Crippen LogP contribution in [0, 0.1) is 17.8 Å². The number of aliphatic hydroxyl groups is 9. The largest absolute Gasteiger partial charge is 0.508 e. The number of carbonyl (C=O) groups excluding carboxylic acids is 8. The van der Waals surface area contributed by atoms with Gasteiger partial charge in [0.2, 0.25) is 41.2 Å². The van der Waals surface area contributed by atoms with Gasteiger partial charge in [-0.05, 0) is 48.8 Å². The molecule has 75 heavy (non-hydrogen) atoms. The molecule has 0 unspecified atom stereocenters. The lowest BCUT2D eigenvalue weighted by Gasteiger charge is -2.38. The number of nitrogens with two attached hydrogens (primary N) is 1. The molecular formula is C50H79N7O18. The van der Waals surface area contributed by atoms with Crippen LogP contribution in [0.2, 0.25) is 0 Å². The van der Waals surface area contributed by atoms with E-state index in [-0.39, 0.29) is 17.7 Å². The van der Waals surface area contributed by atoms with E-state index in [1.54, 1.807) is 0 Å². The molecule has 15 atom stereocenters. The molecule has 1 aromatic carbocycles. The molecule has 0 saturated carbocycles. The highest BCUT2D eigenvalue weighted by atomic mass is 16.4. The van der Waals surface area contributed by atoms with E-state index in [9.17, 15) is 89.4 Å². The van der Waals surface area contributed by atoms with Gasteiger partial charge in [0.15, 0.2) is 12.0 Å². The SMILES string of the molecule is CC[C@H](C)C[C@H](C)CCCCCCCCC(=O)N[C@H]1C[C@@H](O)[C@@H](O)NC(=O)[C@@H]2[C@@H](O)CCN2C(=O)[C@](O)([C@H](O)CC(N)=O)NC(=O)[C@H]([C@H](O)[C@@H](O)c2ccc(O)cc2)CC(=O)[C@@H]2C[C@@H](O)CN2C(=O)[C@H](CO)NC1=O. The van der Waals surface area contributed by atoms with E-state index in [2.05, 4.69) is 31.4 Å². The van der Waals surface area contributed by atoms with E-state index >= 15 is 0 Å². The Morgan fingerprint density at radius 1 is 0.840 bits per heavy atom. The van der Waals surface area contributed by atoms with Gasteiger partial charge < -0.3 is 87.9 Å². The molecule has 0 aromatic heterocycles. The number of phenols is 1. The van der Waals surface area contributed by atoms with Crippen molar-refractivity contribution in [3.05, 3.63) is 29.8 Å². The number of carbonyl (C=O) groups is 8. The Morgan fingerprint density at radius 3 is 2.11 bits per heavy atom. The number of hydrogen-bond acceptors (Lipinski definition) is 18. The Balaban J connectivity index is 1.69. The average molecular weight is 1070 g/mol. The van der Waals surface area contributed by atoms with Crippen LogP contribution in [0.4, 0.5) is 0 Å². The van der Waals surface area contributed by atoms with Crippen molar-refractivity contribution in [1.82, 2.24) is 31.1 Å². The highest BCUT2D eigenvalue weighted by Crippen LogP contribution is 2.31. The predicted molar refractivity (Wildman–Crippen MR) is 263 cm³/mol. The number of hydrogen-bond donors (Lipinski definition) is 15. The molecule has 3 heterocycles. The number of aliphatic hydroxyl groups excluding tert-OH is 8. The molecule has 3 aliphatic heterocycles. The first-order valence-electron chi connectivity index (χ1n) is 25.9. The molecule has 0 bridgehead atoms. The normalized spacial score (nSPS) is 29.7. The molecule has 3 aliphatic rings. The number of nitrogens with one attached hydrogen (secondary N) is 4. The standard InChI is InChI=1S/C50H79N7O18/c1-4-26(2)19-27(3)11-9-7-5-6-8-10-12-40(66)52-32-22-37(63)46(71)54-47(72)41-35(61)17-18-56(41)49(74)50(75,38(64)23-39(51)65)55-44(69)31(43(68)42(67)28-13-15-29(59)16-14-28)21-36(62)34-20-30(60)24-57(34)48(73)33(25-58)53-45(32)70/h13-16,26-27,30-35,37-38,41-43,46,58-61,63-64,67-68,71,75H,4-12,17-25H2,1-3H3,(H2,51,65)(H,52,66)(H,53,70)(H,54,72)(H,55,69)/t26-,27+,30+,31-,32-,33-,34-,35-,37+,38+,41-,42-,43-,46+,50+/m0/s1. The van der Waals surface area contributed by atoms with Gasteiger partial charge >= 0.3 is 0 Å². The number of amides is 7. The molecule has 1 aromatic rings. The second-order valence-electron chi connectivity index (χ2n) is 20.6. The molecule has 422 valence electrons. The number of unbranched alkanes of at least 4 members (excludes halogenated alkanes) is 5. The summed E-state index contributed by atoms with van der Waals surface area (Å²) in [6.07, 6.45) is -10.7. The highest BCUT2D eigenvalue weighted by molar-refractivity contribution is 5.99. The van der Waals surface area contributed by atoms with Crippen LogP contribution >= 0.6 is 0 Å². The van der Waals surface area contributed by atoms with Crippen molar-refractivity contribution in [2.24, 2.45) is 23.5 Å². The molecule has 25 nitrogen and oxygen atoms in total. The molecule has 0 spiro atoms. The number of nitrogens with zero attached hydrogens (tertiary/aromatic N) is 2. The summed E-state index contributed by atoms with van der Waals surface area (Å²) < 4.78 is 0. The van der Waals surface area contributed by atoms with Crippen LogP contribution in [0.15, 0.2) is 24.3 Å². The lowest BCUT2D eigenvalue weighted by Crippen LogP contribution is -2.69. The van der Waals surface area contributed by atoms with Gasteiger partial charge in [-0.1, -0.05) is 77.8 Å². The quantitative estimate of drug-likeness (QED) is 0.0568. The van der Waals surface area contributed by atoms with Gasteiger partial charge in [-0.3, -0.25) is 38.4 Å². The number of fused-ring (bicyclic) bond motifs is 2. The maximum absolute atomic E-state index is 14.4. The minimum absolute atomic E-state index is 0.0914. The fourth-order valence-electron chi connectivity index (χ4n) is 9.92. The summed E-state index contributed by atoms with van der Waals surface area (Å²) in [5.41, 5.74) is 1.44. The highest BCUT2D eigenvalue weighted by Gasteiger charge is 2.55. The topological polar surface area (TPSA) is 419 Å². The Labute approximate surface area is 435 Å². The summed E-state index contributed by atoms with van der Waals surface area (Å²) in [5.74, 6) is -11.6. The number of aromatic hydroxyl groups is 1. The van der Waals surface area contributed by atoms with E-state index in [0.717, 1.165) is 67.7 Å². The van der Waals surface area contributed by atoms with Gasteiger partial charge in [-0.25, -0.2) is 0 Å². The summed E-state index contributed by atoms with van der Waals surface area (Å²) in [6.45, 7) is 4.35. The zero-order valence-corrected chi connectivity index (χ0v) is 42.8. The molecule has 0 radical (unpaired) electrons. The number of rotatable bonds is 20. The van der Waals surface area contributed by atoms with Crippen LogP contribution in [0.25, 0.3) is 0 Å². The predicted octanol–water partition coefficient (Wildman–Crippen LogP) is -3.32. The first-order chi connectivity index (χ1) is 35.3. The minimum Gasteiger partial charge on any atom is -0.508 e. The number of Topliss-reactive ketones (excluding diaryl/α,β-unsaturated/α-hetero) is 1. The third-order valence-corrected chi connectivity index (χ3v) is 14.5. The van der Waals surface area contributed by atoms with Crippen LogP contribution in [-0.2, 0) is 38.4 Å². The van der Waals surface area contributed by atoms with E-state index in [1.165, 1.54) is 6.42 Å². The summed E-state index contributed by atoms with van der Waals surface area (Å²) in [5, 5.41) is 119. The first kappa shape index (κ1) is 62.2. The second kappa shape index (κ2) is 28.7. The Hall–Kier alpha value is -5.38. The van der Waals surface area contributed by atoms with Crippen LogP contribution in [0.1, 0.15) is 129 Å². The van der Waals surface area contributed by atoms with Gasteiger partial charge in [-0.2, -0.15) is 0 Å². The lowest BCUT2D eigenvalue weighted by atomic mass is 9.86. The average Bonchev–Trinajstić information content (AvgIpc) is 3.95. The molecule has 4 rings (SSSR count). The molecule has 3 saturated heterocycles. The van der Waals surface area contributed by atoms with Crippen molar-refractivity contribution >= 4 is 47.1 Å². The van der Waals surface area contributed by atoms with Crippen molar-refractivity contribution < 1.29 is 89.4 Å². The Bertz CT molecular complexity index is 2120. The first-order valence-corrected chi connectivity index (χ1v) is 25.9. The maximum atomic E-state index is 14.4. The van der Waals surface area contributed by atoms with Crippen LogP contribution in [-0.4, -0.2) is 194 Å². The number of ketones is 1. The second-order valence-corrected chi connectivity index (χ2v) is 20.6. The number of primary amides is 1. The smallest absolute Gasteiger partial charge is 0.279 e. The van der Waals surface area contributed by atoms with Gasteiger partial charge in [0.25, 0.3) is 5.91 Å². The monoisotopic (exact) mass is 1070 g/mol. The van der Waals surface area contributed by atoms with Gasteiger partial charge in [0.1, 0.15) is 42.2 Å². The molecule has 16 N–H and O–H groups in total. The zero-order valence-electron chi connectivity index (χ0n) is 42.8. The molecule has 0 aliphatic carbocycles. The van der Waals surface area contributed by atoms with Crippen LogP contribution < -0.4 is 27.0 Å². The molecule has 7 amide bonds. The number of benzene rings is 1. The van der Waals surface area contributed by atoms with Gasteiger partial charge in [-0.15, -0.1) is 0 Å². The summed E-state index contributed by atoms with van der Waals surface area (Å²) in [4.78, 5) is 112. The van der Waals surface area contributed by atoms with Crippen molar-refractivity contribution in [3.8, 4) is 5.75 Å². The summed E-state index contributed by atoms with van der Waals surface area (Å²) in [7, 11) is 0. The van der Waals surface area contributed by atoms with Crippen molar-refractivity contribution in [2.75, 3.05) is 19.7 Å². The Kier molecular flexibility index (Phi) is 23.8. The van der Waals surface area contributed by atoms with E-state index < -0.39 is 178 Å². The van der Waals surface area contributed by atoms with Crippen molar-refractivity contribution in [2.45, 2.75) is 190 Å². The van der Waals surface area contributed by atoms with Crippen molar-refractivity contribution in [1.29, 1.82) is 0 Å². The van der Waals surface area contributed by atoms with Gasteiger partial charge in [0, 0.05) is 38.8 Å². The molecular weight excluding hydrogens is 987 g/mol. The third kappa shape index (κ3) is 17.1. The van der Waals surface area contributed by atoms with Crippen molar-refractivity contribution in [3.63, 3.8) is 0 Å². The molecule has 25 heteroatoms. The minimum atomic E-state index is -3.70. The van der Waals surface area contributed by atoms with E-state index in [0.29, 0.717) is 29.6 Å². The van der Waals surface area contributed by atoms with E-state index in [4.69, 9.17) is 5.73 Å². The van der Waals surface area contributed by atoms with Crippen LogP contribution in [0.5, 0.6) is 5.75 Å². The van der Waals surface area contributed by atoms with E-state index in [1.807, 2.05) is 10.6 Å². The summed E-state index contributed by atoms with van der Waals surface area (Å²) in [6, 6.07) is -2.96. The maximum Gasteiger partial charge on any atom is 0.279 e. The number of phenolic OH excluding ortho intramolecular Hbond substituents is 1.